The van der Waals surface area contributed by atoms with E-state index in [1.165, 1.54) is 11.1 Å². The van der Waals surface area contributed by atoms with E-state index in [1.807, 2.05) is 24.0 Å². The maximum absolute atomic E-state index is 13.1. The molecule has 2 aliphatic heterocycles. The third kappa shape index (κ3) is 3.82. The molecule has 3 unspecified atom stereocenters. The quantitative estimate of drug-likeness (QED) is 0.797. The Hall–Kier alpha value is -2.25. The molecule has 3 atom stereocenters. The molecule has 2 N–H and O–H groups in total. The van der Waals surface area contributed by atoms with Crippen molar-refractivity contribution in [3.8, 4) is 0 Å². The van der Waals surface area contributed by atoms with Crippen LogP contribution in [-0.4, -0.2) is 50.7 Å². The summed E-state index contributed by atoms with van der Waals surface area (Å²) in [5, 5.41) is 4.49. The Bertz CT molecular complexity index is 804. The molecule has 0 bridgehead atoms. The van der Waals surface area contributed by atoms with E-state index in [9.17, 15) is 4.79 Å². The van der Waals surface area contributed by atoms with Crippen LogP contribution < -0.4 is 10.9 Å². The smallest absolute Gasteiger partial charge is 0.223 e. The minimum Gasteiger partial charge on any atom is -0.338 e. The van der Waals surface area contributed by atoms with Gasteiger partial charge in [0.25, 0.3) is 0 Å². The van der Waals surface area contributed by atoms with Crippen molar-refractivity contribution < 1.29 is 4.79 Å². The summed E-state index contributed by atoms with van der Waals surface area (Å²) in [6, 6.07) is 4.64. The SMILES string of the molecule is CCn1cc(CCC(=O)N2CCCC2C2NNCC2c2ccncc2)c(C)n1. The van der Waals surface area contributed by atoms with Gasteiger partial charge in [-0.2, -0.15) is 5.10 Å². The highest BCUT2D eigenvalue weighted by molar-refractivity contribution is 5.77. The van der Waals surface area contributed by atoms with Gasteiger partial charge in [0.2, 0.25) is 5.91 Å². The number of nitrogens with zero attached hydrogens (tertiary/aromatic N) is 4. The number of hydrogen-bond donors (Lipinski definition) is 2. The van der Waals surface area contributed by atoms with E-state index < -0.39 is 0 Å². The Kier molecular flexibility index (Phi) is 5.73. The van der Waals surface area contributed by atoms with Crippen LogP contribution in [-0.2, 0) is 17.8 Å². The first kappa shape index (κ1) is 19.1. The largest absolute Gasteiger partial charge is 0.338 e. The molecular weight excluding hydrogens is 352 g/mol. The first-order valence-electron chi connectivity index (χ1n) is 10.4. The molecule has 0 aliphatic carbocycles. The lowest BCUT2D eigenvalue weighted by molar-refractivity contribution is -0.132. The maximum atomic E-state index is 13.1. The molecule has 150 valence electrons. The van der Waals surface area contributed by atoms with Crippen molar-refractivity contribution in [3.63, 3.8) is 0 Å². The van der Waals surface area contributed by atoms with E-state index in [0.29, 0.717) is 12.3 Å². The molecule has 4 heterocycles. The summed E-state index contributed by atoms with van der Waals surface area (Å²) in [6.45, 7) is 6.70. The Labute approximate surface area is 166 Å². The topological polar surface area (TPSA) is 75.1 Å². The van der Waals surface area contributed by atoms with E-state index in [2.05, 4.69) is 51.1 Å². The van der Waals surface area contributed by atoms with Crippen molar-refractivity contribution in [2.45, 2.75) is 64.1 Å². The molecule has 0 radical (unpaired) electrons. The van der Waals surface area contributed by atoms with Crippen molar-refractivity contribution in [3.05, 3.63) is 47.5 Å². The van der Waals surface area contributed by atoms with E-state index in [-0.39, 0.29) is 18.0 Å². The molecular formula is C21H30N6O. The second-order valence-corrected chi connectivity index (χ2v) is 7.83. The fraction of sp³-hybridized carbons (Fsp3) is 0.571. The van der Waals surface area contributed by atoms with Crippen molar-refractivity contribution in [2.75, 3.05) is 13.1 Å². The highest BCUT2D eigenvalue weighted by Crippen LogP contribution is 2.31. The predicted molar refractivity (Wildman–Crippen MR) is 108 cm³/mol. The van der Waals surface area contributed by atoms with Crippen molar-refractivity contribution in [1.29, 1.82) is 0 Å². The number of carbonyl (C=O) groups is 1. The molecule has 7 nitrogen and oxygen atoms in total. The van der Waals surface area contributed by atoms with Gasteiger partial charge in [-0.15, -0.1) is 0 Å². The highest BCUT2D eigenvalue weighted by atomic mass is 16.2. The summed E-state index contributed by atoms with van der Waals surface area (Å²) < 4.78 is 1.95. The number of hydrazine groups is 1. The van der Waals surface area contributed by atoms with Gasteiger partial charge in [-0.3, -0.25) is 25.3 Å². The minimum absolute atomic E-state index is 0.235. The van der Waals surface area contributed by atoms with Gasteiger partial charge in [0.1, 0.15) is 0 Å². The van der Waals surface area contributed by atoms with Crippen LogP contribution in [0.25, 0.3) is 0 Å². The molecule has 2 fully saturated rings. The van der Waals surface area contributed by atoms with E-state index in [4.69, 9.17) is 0 Å². The summed E-state index contributed by atoms with van der Waals surface area (Å²) in [6.07, 6.45) is 9.21. The molecule has 0 aromatic carbocycles. The molecule has 0 saturated carbocycles. The number of aryl methyl sites for hydroxylation is 3. The second kappa shape index (κ2) is 8.41. The third-order valence-corrected chi connectivity index (χ3v) is 6.17. The van der Waals surface area contributed by atoms with E-state index >= 15 is 0 Å². The van der Waals surface area contributed by atoms with Gasteiger partial charge in [0.15, 0.2) is 0 Å². The first-order chi connectivity index (χ1) is 13.7. The Morgan fingerprint density at radius 2 is 2.14 bits per heavy atom. The second-order valence-electron chi connectivity index (χ2n) is 7.83. The summed E-state index contributed by atoms with van der Waals surface area (Å²) in [5.41, 5.74) is 10.3. The van der Waals surface area contributed by atoms with Crippen LogP contribution in [0.1, 0.15) is 48.9 Å². The Morgan fingerprint density at radius 3 is 2.89 bits per heavy atom. The zero-order valence-corrected chi connectivity index (χ0v) is 16.8. The lowest BCUT2D eigenvalue weighted by Crippen LogP contribution is -2.49. The number of likely N-dealkylation sites (tertiary alicyclic amines) is 1. The van der Waals surface area contributed by atoms with Crippen molar-refractivity contribution >= 4 is 5.91 Å². The number of rotatable bonds is 6. The third-order valence-electron chi connectivity index (χ3n) is 6.17. The normalized spacial score (nSPS) is 24.8. The van der Waals surface area contributed by atoms with Crippen LogP contribution in [0, 0.1) is 6.92 Å². The lowest BCUT2D eigenvalue weighted by Gasteiger charge is -2.32. The molecule has 4 rings (SSSR count). The molecule has 0 spiro atoms. The van der Waals surface area contributed by atoms with Crippen LogP contribution in [0.15, 0.2) is 30.7 Å². The number of nitrogens with one attached hydrogen (secondary N) is 2. The number of pyridine rings is 1. The highest BCUT2D eigenvalue weighted by Gasteiger charge is 2.41. The Morgan fingerprint density at radius 1 is 1.32 bits per heavy atom. The van der Waals surface area contributed by atoms with Gasteiger partial charge in [-0.1, -0.05) is 0 Å². The average Bonchev–Trinajstić information content (AvgIpc) is 3.45. The molecule has 2 saturated heterocycles. The van der Waals surface area contributed by atoms with Crippen LogP contribution in [0.4, 0.5) is 0 Å². The van der Waals surface area contributed by atoms with Crippen LogP contribution in [0.2, 0.25) is 0 Å². The monoisotopic (exact) mass is 382 g/mol. The van der Waals surface area contributed by atoms with Gasteiger partial charge >= 0.3 is 0 Å². The van der Waals surface area contributed by atoms with Crippen LogP contribution in [0.5, 0.6) is 0 Å². The molecule has 2 aromatic heterocycles. The van der Waals surface area contributed by atoms with Crippen molar-refractivity contribution in [1.82, 2.24) is 30.5 Å². The Balaban J connectivity index is 1.42. The van der Waals surface area contributed by atoms with E-state index in [0.717, 1.165) is 44.6 Å². The maximum Gasteiger partial charge on any atom is 0.223 e. The molecule has 28 heavy (non-hydrogen) atoms. The van der Waals surface area contributed by atoms with Crippen LogP contribution >= 0.6 is 0 Å². The summed E-state index contributed by atoms with van der Waals surface area (Å²) in [4.78, 5) is 19.3. The van der Waals surface area contributed by atoms with Gasteiger partial charge < -0.3 is 4.90 Å². The number of carbonyl (C=O) groups excluding carboxylic acids is 1. The summed E-state index contributed by atoms with van der Waals surface area (Å²) in [7, 11) is 0. The predicted octanol–water partition coefficient (Wildman–Crippen LogP) is 1.79. The number of hydrogen-bond acceptors (Lipinski definition) is 5. The van der Waals surface area contributed by atoms with Crippen molar-refractivity contribution in [2.24, 2.45) is 0 Å². The molecule has 2 aromatic rings. The molecule has 2 aliphatic rings. The fourth-order valence-electron chi connectivity index (χ4n) is 4.64. The number of aromatic nitrogens is 3. The minimum atomic E-state index is 0.235. The van der Waals surface area contributed by atoms with Crippen LogP contribution in [0.3, 0.4) is 0 Å². The van der Waals surface area contributed by atoms with Gasteiger partial charge in [0, 0.05) is 62.6 Å². The fourth-order valence-corrected chi connectivity index (χ4v) is 4.64. The van der Waals surface area contributed by atoms with Gasteiger partial charge in [-0.25, -0.2) is 0 Å². The summed E-state index contributed by atoms with van der Waals surface area (Å²) in [5.74, 6) is 0.611. The van der Waals surface area contributed by atoms with Gasteiger partial charge in [-0.05, 0) is 56.4 Å². The zero-order chi connectivity index (χ0) is 19.5. The lowest BCUT2D eigenvalue weighted by atomic mass is 9.88. The van der Waals surface area contributed by atoms with E-state index in [1.54, 1.807) is 0 Å². The molecule has 7 heteroatoms. The molecule has 1 amide bonds. The zero-order valence-electron chi connectivity index (χ0n) is 16.8. The summed E-state index contributed by atoms with van der Waals surface area (Å²) >= 11 is 0. The first-order valence-corrected chi connectivity index (χ1v) is 10.4. The number of amides is 1. The standard InChI is InChI=1S/C21H30N6O/c1-3-26-14-17(15(2)25-26)6-7-20(28)27-12-4-5-19(27)21-18(13-23-24-21)16-8-10-22-11-9-16/h8-11,14,18-19,21,23-24H,3-7,12-13H2,1-2H3. The average molecular weight is 383 g/mol. The van der Waals surface area contributed by atoms with Gasteiger partial charge in [0.05, 0.1) is 5.69 Å².